The van der Waals surface area contributed by atoms with Crippen molar-refractivity contribution in [2.24, 2.45) is 0 Å². The summed E-state index contributed by atoms with van der Waals surface area (Å²) >= 11 is 0. The van der Waals surface area contributed by atoms with E-state index in [1.54, 1.807) is 0 Å². The minimum absolute atomic E-state index is 0.465. The predicted molar refractivity (Wildman–Crippen MR) is 37.5 cm³/mol. The highest BCUT2D eigenvalue weighted by molar-refractivity contribution is 5.63. The van der Waals surface area contributed by atoms with E-state index in [0.29, 0.717) is 0 Å². The first-order valence-electron chi connectivity index (χ1n) is 3.01. The fourth-order valence-corrected chi connectivity index (χ4v) is 0.601. The number of nitrogen functional groups attached to an aromatic ring is 2. The molecule has 5 N–H and O–H groups in total. The van der Waals surface area contributed by atoms with Crippen LogP contribution in [0.5, 0.6) is 5.88 Å². The lowest BCUT2D eigenvalue weighted by atomic mass is 10.4. The summed E-state index contributed by atoms with van der Waals surface area (Å²) < 4.78 is 35.8. The van der Waals surface area contributed by atoms with Gasteiger partial charge in [0.15, 0.2) is 5.82 Å². The van der Waals surface area contributed by atoms with Gasteiger partial charge in [0.1, 0.15) is 5.69 Å². The van der Waals surface area contributed by atoms with Gasteiger partial charge < -0.3 is 16.6 Å². The van der Waals surface area contributed by atoms with Crippen LogP contribution in [0.25, 0.3) is 0 Å². The quantitative estimate of drug-likeness (QED) is 0.554. The van der Waals surface area contributed by atoms with Gasteiger partial charge in [-0.2, -0.15) is 18.2 Å². The average Bonchev–Trinajstić information content (AvgIpc) is 1.97. The van der Waals surface area contributed by atoms with E-state index in [9.17, 15) is 13.2 Å². The minimum atomic E-state index is -4.75. The zero-order chi connectivity index (χ0) is 10.2. The zero-order valence-corrected chi connectivity index (χ0v) is 6.13. The largest absolute Gasteiger partial charge is 0.492 e. The number of nitrogens with zero attached hydrogens (tertiary/aromatic N) is 2. The van der Waals surface area contributed by atoms with Gasteiger partial charge in [-0.25, -0.2) is 4.98 Å². The van der Waals surface area contributed by atoms with Crippen molar-refractivity contribution in [3.63, 3.8) is 0 Å². The summed E-state index contributed by atoms with van der Waals surface area (Å²) in [5.41, 5.74) is 9.54. The monoisotopic (exact) mass is 194 g/mol. The SMILES string of the molecule is Nc1nc(C(F)(F)F)nc(O)c1N. The molecule has 1 rings (SSSR count). The number of rotatable bonds is 0. The molecular formula is C5H5F3N4O. The van der Waals surface area contributed by atoms with Crippen LogP contribution in [0.4, 0.5) is 24.7 Å². The molecule has 13 heavy (non-hydrogen) atoms. The van der Waals surface area contributed by atoms with Crippen LogP contribution in [0.15, 0.2) is 0 Å². The fraction of sp³-hybridized carbons (Fsp3) is 0.200. The first kappa shape index (κ1) is 9.36. The normalized spacial score (nSPS) is 11.6. The number of anilines is 2. The van der Waals surface area contributed by atoms with Crippen molar-refractivity contribution in [2.75, 3.05) is 11.5 Å². The van der Waals surface area contributed by atoms with Gasteiger partial charge >= 0.3 is 6.18 Å². The number of hydrogen-bond acceptors (Lipinski definition) is 5. The van der Waals surface area contributed by atoms with E-state index in [2.05, 4.69) is 9.97 Å². The molecule has 8 heteroatoms. The lowest BCUT2D eigenvalue weighted by molar-refractivity contribution is -0.145. The third-order valence-corrected chi connectivity index (χ3v) is 1.21. The second kappa shape index (κ2) is 2.64. The summed E-state index contributed by atoms with van der Waals surface area (Å²) in [6.45, 7) is 0. The molecular weight excluding hydrogens is 189 g/mol. The topological polar surface area (TPSA) is 98.0 Å². The highest BCUT2D eigenvalue weighted by atomic mass is 19.4. The van der Waals surface area contributed by atoms with E-state index in [0.717, 1.165) is 0 Å². The smallest absolute Gasteiger partial charge is 0.451 e. The van der Waals surface area contributed by atoms with Crippen molar-refractivity contribution in [1.82, 2.24) is 9.97 Å². The molecule has 1 aromatic rings. The molecule has 5 nitrogen and oxygen atoms in total. The van der Waals surface area contributed by atoms with Crippen molar-refractivity contribution in [3.8, 4) is 5.88 Å². The summed E-state index contributed by atoms with van der Waals surface area (Å²) in [5.74, 6) is -3.09. The molecule has 72 valence electrons. The molecule has 0 fully saturated rings. The molecule has 0 saturated heterocycles. The third kappa shape index (κ3) is 1.71. The molecule has 0 radical (unpaired) electrons. The molecule has 0 aliphatic heterocycles. The highest BCUT2D eigenvalue weighted by Gasteiger charge is 2.36. The van der Waals surface area contributed by atoms with E-state index >= 15 is 0 Å². The molecule has 0 aliphatic carbocycles. The van der Waals surface area contributed by atoms with E-state index in [-0.39, 0.29) is 0 Å². The molecule has 0 aliphatic rings. The third-order valence-electron chi connectivity index (χ3n) is 1.21. The van der Waals surface area contributed by atoms with E-state index in [4.69, 9.17) is 16.6 Å². The molecule has 0 amide bonds. The van der Waals surface area contributed by atoms with Crippen molar-refractivity contribution in [2.45, 2.75) is 6.18 Å². The summed E-state index contributed by atoms with van der Waals surface area (Å²) in [4.78, 5) is 5.58. The minimum Gasteiger partial charge on any atom is -0.492 e. The van der Waals surface area contributed by atoms with Gasteiger partial charge in [0.25, 0.3) is 0 Å². The van der Waals surface area contributed by atoms with Crippen molar-refractivity contribution < 1.29 is 18.3 Å². The van der Waals surface area contributed by atoms with Crippen LogP contribution in [0, 0.1) is 0 Å². The average molecular weight is 194 g/mol. The van der Waals surface area contributed by atoms with E-state index in [1.165, 1.54) is 0 Å². The maximum Gasteiger partial charge on any atom is 0.451 e. The highest BCUT2D eigenvalue weighted by Crippen LogP contribution is 2.31. The summed E-state index contributed by atoms with van der Waals surface area (Å²) in [7, 11) is 0. The Hall–Kier alpha value is -1.73. The molecule has 1 aromatic heterocycles. The molecule has 0 spiro atoms. The number of nitrogens with two attached hydrogens (primary N) is 2. The van der Waals surface area contributed by atoms with E-state index < -0.39 is 29.4 Å². The number of alkyl halides is 3. The Balaban J connectivity index is 3.29. The van der Waals surface area contributed by atoms with Crippen LogP contribution in [0.3, 0.4) is 0 Å². The lowest BCUT2D eigenvalue weighted by Crippen LogP contribution is -2.13. The number of hydrogen-bond donors (Lipinski definition) is 3. The standard InChI is InChI=1S/C5H5F3N4O/c6-5(7,8)4-11-2(10)1(9)3(13)12-4/h9H2,(H3,10,11,12,13). The molecule has 0 aromatic carbocycles. The Morgan fingerprint density at radius 3 is 2.08 bits per heavy atom. The molecule has 0 bridgehead atoms. The van der Waals surface area contributed by atoms with Crippen LogP contribution < -0.4 is 11.5 Å². The van der Waals surface area contributed by atoms with Gasteiger partial charge in [0, 0.05) is 0 Å². The number of aromatic hydroxyl groups is 1. The van der Waals surface area contributed by atoms with Crippen LogP contribution in [0.2, 0.25) is 0 Å². The first-order chi connectivity index (χ1) is 5.82. The van der Waals surface area contributed by atoms with Crippen molar-refractivity contribution in [1.29, 1.82) is 0 Å². The fourth-order valence-electron chi connectivity index (χ4n) is 0.601. The van der Waals surface area contributed by atoms with Gasteiger partial charge in [-0.05, 0) is 0 Å². The maximum absolute atomic E-state index is 11.9. The van der Waals surface area contributed by atoms with E-state index in [1.807, 2.05) is 0 Å². The van der Waals surface area contributed by atoms with Crippen LogP contribution in [0.1, 0.15) is 5.82 Å². The molecule has 1 heterocycles. The van der Waals surface area contributed by atoms with Gasteiger partial charge in [0.05, 0.1) is 0 Å². The second-order valence-corrected chi connectivity index (χ2v) is 2.17. The maximum atomic E-state index is 11.9. The number of aromatic nitrogens is 2. The Bertz CT molecular complexity index is 314. The Labute approximate surface area is 70.2 Å². The summed E-state index contributed by atoms with van der Waals surface area (Å²) in [6, 6.07) is 0. The van der Waals surface area contributed by atoms with Crippen molar-refractivity contribution in [3.05, 3.63) is 5.82 Å². The van der Waals surface area contributed by atoms with Gasteiger partial charge in [-0.1, -0.05) is 0 Å². The van der Waals surface area contributed by atoms with Gasteiger partial charge in [0.2, 0.25) is 11.7 Å². The predicted octanol–water partition coefficient (Wildman–Crippen LogP) is 0.365. The second-order valence-electron chi connectivity index (χ2n) is 2.17. The molecule has 0 unspecified atom stereocenters. The van der Waals surface area contributed by atoms with Gasteiger partial charge in [-0.15, -0.1) is 0 Å². The summed E-state index contributed by atoms with van der Waals surface area (Å²) in [5, 5.41) is 8.79. The molecule has 0 saturated carbocycles. The first-order valence-corrected chi connectivity index (χ1v) is 3.01. The summed E-state index contributed by atoms with van der Waals surface area (Å²) in [6.07, 6.45) is -4.75. The Kier molecular flexibility index (Phi) is 1.90. The lowest BCUT2D eigenvalue weighted by Gasteiger charge is -2.07. The van der Waals surface area contributed by atoms with Crippen LogP contribution in [-0.4, -0.2) is 15.1 Å². The Morgan fingerprint density at radius 2 is 1.69 bits per heavy atom. The van der Waals surface area contributed by atoms with Crippen LogP contribution in [-0.2, 0) is 6.18 Å². The Morgan fingerprint density at radius 1 is 1.15 bits per heavy atom. The van der Waals surface area contributed by atoms with Gasteiger partial charge in [-0.3, -0.25) is 0 Å². The number of halogens is 3. The van der Waals surface area contributed by atoms with Crippen molar-refractivity contribution >= 4 is 11.5 Å². The van der Waals surface area contributed by atoms with Crippen LogP contribution >= 0.6 is 0 Å². The zero-order valence-electron chi connectivity index (χ0n) is 6.13. The molecule has 0 atom stereocenters.